The summed E-state index contributed by atoms with van der Waals surface area (Å²) in [6.07, 6.45) is 0. The minimum atomic E-state index is -0.653. The third-order valence-electron chi connectivity index (χ3n) is 2.28. The SMILES string of the molecule is Cc1nc(SCc2oc(=O)oc2C)[nH]c1C. The zero-order chi connectivity index (χ0) is 11.7. The molecule has 2 heterocycles. The quantitative estimate of drug-likeness (QED) is 0.832. The van der Waals surface area contributed by atoms with Gasteiger partial charge in [-0.1, -0.05) is 11.8 Å². The normalized spacial score (nSPS) is 10.9. The van der Waals surface area contributed by atoms with Gasteiger partial charge in [0, 0.05) is 5.69 Å². The molecule has 2 aromatic rings. The molecule has 16 heavy (non-hydrogen) atoms. The lowest BCUT2D eigenvalue weighted by molar-refractivity contribution is 0.372. The Morgan fingerprint density at radius 1 is 1.31 bits per heavy atom. The van der Waals surface area contributed by atoms with Crippen molar-refractivity contribution in [2.24, 2.45) is 0 Å². The van der Waals surface area contributed by atoms with Gasteiger partial charge in [0.05, 0.1) is 11.4 Å². The molecule has 5 nitrogen and oxygen atoms in total. The molecule has 0 saturated heterocycles. The van der Waals surface area contributed by atoms with Crippen molar-refractivity contribution in [3.8, 4) is 0 Å². The van der Waals surface area contributed by atoms with Crippen molar-refractivity contribution in [2.45, 2.75) is 31.7 Å². The maximum absolute atomic E-state index is 10.8. The second kappa shape index (κ2) is 4.21. The van der Waals surface area contributed by atoms with Crippen molar-refractivity contribution in [2.75, 3.05) is 0 Å². The molecule has 0 saturated carbocycles. The Morgan fingerprint density at radius 3 is 2.56 bits per heavy atom. The van der Waals surface area contributed by atoms with Crippen molar-refractivity contribution < 1.29 is 8.83 Å². The number of aromatic amines is 1. The Labute approximate surface area is 96.3 Å². The van der Waals surface area contributed by atoms with Crippen LogP contribution < -0.4 is 5.82 Å². The highest BCUT2D eigenvalue weighted by Crippen LogP contribution is 2.22. The average Bonchev–Trinajstić information content (AvgIpc) is 2.68. The summed E-state index contributed by atoms with van der Waals surface area (Å²) in [5, 5.41) is 0.818. The number of hydrogen-bond donors (Lipinski definition) is 1. The molecule has 0 fully saturated rings. The molecule has 0 amide bonds. The van der Waals surface area contributed by atoms with Crippen LogP contribution in [0.15, 0.2) is 18.8 Å². The number of aromatic nitrogens is 2. The first-order valence-electron chi connectivity index (χ1n) is 4.81. The second-order valence-corrected chi connectivity index (χ2v) is 4.44. The van der Waals surface area contributed by atoms with Crippen molar-refractivity contribution in [1.29, 1.82) is 0 Å². The number of nitrogens with zero attached hydrogens (tertiary/aromatic N) is 1. The van der Waals surface area contributed by atoms with Crippen LogP contribution in [0.3, 0.4) is 0 Å². The van der Waals surface area contributed by atoms with Crippen LogP contribution in [0.25, 0.3) is 0 Å². The first-order chi connectivity index (χ1) is 7.56. The lowest BCUT2D eigenvalue weighted by Gasteiger charge is -1.93. The molecule has 0 aliphatic carbocycles. The van der Waals surface area contributed by atoms with Gasteiger partial charge >= 0.3 is 5.82 Å². The molecule has 1 N–H and O–H groups in total. The number of nitrogens with one attached hydrogen (secondary N) is 1. The zero-order valence-electron chi connectivity index (χ0n) is 9.29. The van der Waals surface area contributed by atoms with E-state index in [1.807, 2.05) is 13.8 Å². The summed E-state index contributed by atoms with van der Waals surface area (Å²) < 4.78 is 9.65. The summed E-state index contributed by atoms with van der Waals surface area (Å²) in [5.74, 6) is 0.961. The van der Waals surface area contributed by atoms with Crippen molar-refractivity contribution >= 4 is 11.8 Å². The van der Waals surface area contributed by atoms with E-state index in [2.05, 4.69) is 9.97 Å². The number of H-pyrrole nitrogens is 1. The third kappa shape index (κ3) is 2.21. The zero-order valence-corrected chi connectivity index (χ0v) is 10.1. The van der Waals surface area contributed by atoms with E-state index in [9.17, 15) is 4.79 Å². The fraction of sp³-hybridized carbons (Fsp3) is 0.400. The molecule has 6 heteroatoms. The Hall–Kier alpha value is -1.43. The second-order valence-electron chi connectivity index (χ2n) is 3.47. The highest BCUT2D eigenvalue weighted by Gasteiger charge is 2.10. The van der Waals surface area contributed by atoms with Gasteiger partial charge in [0.25, 0.3) is 0 Å². The van der Waals surface area contributed by atoms with E-state index >= 15 is 0 Å². The summed E-state index contributed by atoms with van der Waals surface area (Å²) in [5.41, 5.74) is 2.03. The first-order valence-corrected chi connectivity index (χ1v) is 5.80. The van der Waals surface area contributed by atoms with Gasteiger partial charge in [0.1, 0.15) is 5.76 Å². The van der Waals surface area contributed by atoms with Gasteiger partial charge in [-0.2, -0.15) is 0 Å². The Kier molecular flexibility index (Phi) is 2.91. The van der Waals surface area contributed by atoms with Crippen LogP contribution in [0.5, 0.6) is 0 Å². The maximum atomic E-state index is 10.8. The highest BCUT2D eigenvalue weighted by molar-refractivity contribution is 7.98. The minimum Gasteiger partial charge on any atom is -0.396 e. The van der Waals surface area contributed by atoms with Crippen molar-refractivity contribution in [3.05, 3.63) is 33.5 Å². The lowest BCUT2D eigenvalue weighted by Crippen LogP contribution is -1.86. The standard InChI is InChI=1S/C10H12N2O3S/c1-5-6(2)12-9(11-5)16-4-8-7(3)14-10(13)15-8/h4H2,1-3H3,(H,11,12). The van der Waals surface area contributed by atoms with Gasteiger partial charge in [-0.25, -0.2) is 9.78 Å². The fourth-order valence-corrected chi connectivity index (χ4v) is 2.18. The van der Waals surface area contributed by atoms with E-state index in [1.165, 1.54) is 11.8 Å². The summed E-state index contributed by atoms with van der Waals surface area (Å²) in [6, 6.07) is 0. The molecule has 0 spiro atoms. The van der Waals surface area contributed by atoms with Crippen LogP contribution in [0.2, 0.25) is 0 Å². The first kappa shape index (κ1) is 11.1. The fourth-order valence-electron chi connectivity index (χ4n) is 1.22. The molecule has 2 rings (SSSR count). The van der Waals surface area contributed by atoms with E-state index in [1.54, 1.807) is 6.92 Å². The number of thioether (sulfide) groups is 1. The number of aryl methyl sites for hydroxylation is 3. The largest absolute Gasteiger partial charge is 0.519 e. The molecule has 0 radical (unpaired) electrons. The van der Waals surface area contributed by atoms with Gasteiger partial charge in [-0.15, -0.1) is 0 Å². The Morgan fingerprint density at radius 2 is 2.06 bits per heavy atom. The van der Waals surface area contributed by atoms with Crippen LogP contribution in [-0.2, 0) is 5.75 Å². The summed E-state index contributed by atoms with van der Waals surface area (Å²) in [4.78, 5) is 18.3. The molecule has 86 valence electrons. The number of hydrogen-bond acceptors (Lipinski definition) is 5. The Bertz CT molecular complexity index is 533. The van der Waals surface area contributed by atoms with Crippen molar-refractivity contribution in [3.63, 3.8) is 0 Å². The topological polar surface area (TPSA) is 72.0 Å². The molecule has 0 atom stereocenters. The summed E-state index contributed by atoms with van der Waals surface area (Å²) >= 11 is 1.48. The van der Waals surface area contributed by atoms with E-state index in [4.69, 9.17) is 8.83 Å². The van der Waals surface area contributed by atoms with Crippen LogP contribution in [-0.4, -0.2) is 9.97 Å². The summed E-state index contributed by atoms with van der Waals surface area (Å²) in [7, 11) is 0. The van der Waals surface area contributed by atoms with E-state index in [-0.39, 0.29) is 0 Å². The lowest BCUT2D eigenvalue weighted by atomic mass is 10.4. The smallest absolute Gasteiger partial charge is 0.396 e. The molecule has 0 unspecified atom stereocenters. The van der Waals surface area contributed by atoms with Gasteiger partial charge in [0.2, 0.25) is 0 Å². The maximum Gasteiger partial charge on any atom is 0.519 e. The minimum absolute atomic E-state index is 0.525. The average molecular weight is 240 g/mol. The van der Waals surface area contributed by atoms with Gasteiger partial charge in [0.15, 0.2) is 10.9 Å². The molecule has 0 aromatic carbocycles. The van der Waals surface area contributed by atoms with Crippen LogP contribution in [0.1, 0.15) is 22.9 Å². The van der Waals surface area contributed by atoms with Gasteiger partial charge in [-0.05, 0) is 20.8 Å². The van der Waals surface area contributed by atoms with Gasteiger partial charge in [-0.3, -0.25) is 0 Å². The molecule has 0 bridgehead atoms. The van der Waals surface area contributed by atoms with E-state index < -0.39 is 5.82 Å². The molecular formula is C10H12N2O3S. The third-order valence-corrected chi connectivity index (χ3v) is 3.16. The van der Waals surface area contributed by atoms with Gasteiger partial charge < -0.3 is 13.8 Å². The van der Waals surface area contributed by atoms with Crippen molar-refractivity contribution in [1.82, 2.24) is 9.97 Å². The van der Waals surface area contributed by atoms with Crippen LogP contribution in [0.4, 0.5) is 0 Å². The highest BCUT2D eigenvalue weighted by atomic mass is 32.2. The predicted molar refractivity (Wildman–Crippen MR) is 59.6 cm³/mol. The molecule has 2 aromatic heterocycles. The molecular weight excluding hydrogens is 228 g/mol. The Balaban J connectivity index is 2.07. The van der Waals surface area contributed by atoms with E-state index in [0.29, 0.717) is 17.3 Å². The molecule has 0 aliphatic heterocycles. The summed E-state index contributed by atoms with van der Waals surface area (Å²) in [6.45, 7) is 5.62. The van der Waals surface area contributed by atoms with Crippen LogP contribution in [0, 0.1) is 20.8 Å². The monoisotopic (exact) mass is 240 g/mol. The number of rotatable bonds is 3. The molecule has 0 aliphatic rings. The predicted octanol–water partition coefficient (Wildman–Crippen LogP) is 2.17. The van der Waals surface area contributed by atoms with E-state index in [0.717, 1.165) is 16.5 Å². The van der Waals surface area contributed by atoms with Crippen LogP contribution >= 0.6 is 11.8 Å². The number of imidazole rings is 1.